The fraction of sp³-hybridized carbons (Fsp3) is 0.286. The molecular weight excluding hydrogens is 422 g/mol. The number of carbonyl (C=O) groups excluding carboxylic acids is 2. The number of ether oxygens (including phenoxy) is 3. The number of hydrogen-bond donors (Lipinski definition) is 4. The lowest BCUT2D eigenvalue weighted by molar-refractivity contribution is 0.0950. The summed E-state index contributed by atoms with van der Waals surface area (Å²) in [4.78, 5) is 25.0. The van der Waals surface area contributed by atoms with Crippen molar-refractivity contribution in [2.75, 3.05) is 39.8 Å². The van der Waals surface area contributed by atoms with E-state index in [1.54, 1.807) is 24.3 Å². The van der Waals surface area contributed by atoms with Crippen LogP contribution in [0.1, 0.15) is 27.1 Å². The van der Waals surface area contributed by atoms with Crippen molar-refractivity contribution in [3.63, 3.8) is 0 Å². The van der Waals surface area contributed by atoms with Crippen LogP contribution in [0.25, 0.3) is 0 Å². The van der Waals surface area contributed by atoms with E-state index in [-0.39, 0.29) is 23.2 Å². The number of benzene rings is 2. The zero-order chi connectivity index (χ0) is 22.8. The minimum Gasteiger partial charge on any atom is -0.493 e. The maximum absolute atomic E-state index is 12.7. The van der Waals surface area contributed by atoms with Gasteiger partial charge in [0.05, 0.1) is 32.6 Å². The average molecular weight is 448 g/mol. The number of rotatable bonds is 9. The van der Waals surface area contributed by atoms with Gasteiger partial charge in [0.2, 0.25) is 5.75 Å². The van der Waals surface area contributed by atoms with Crippen LogP contribution in [-0.2, 0) is 0 Å². The van der Waals surface area contributed by atoms with Crippen molar-refractivity contribution in [3.8, 4) is 17.2 Å². The van der Waals surface area contributed by atoms with Gasteiger partial charge in [0.15, 0.2) is 16.6 Å². The first-order chi connectivity index (χ1) is 14.9. The van der Waals surface area contributed by atoms with Crippen molar-refractivity contribution in [1.82, 2.24) is 10.6 Å². The van der Waals surface area contributed by atoms with Crippen molar-refractivity contribution >= 4 is 34.8 Å². The van der Waals surface area contributed by atoms with Crippen LogP contribution < -0.4 is 30.2 Å². The van der Waals surface area contributed by atoms with E-state index in [2.05, 4.69) is 16.0 Å². The number of nitrogens with one attached hydrogen (secondary N) is 3. The van der Waals surface area contributed by atoms with Crippen molar-refractivity contribution < 1.29 is 28.9 Å². The summed E-state index contributed by atoms with van der Waals surface area (Å²) in [5.74, 6) is 0.201. The summed E-state index contributed by atoms with van der Waals surface area (Å²) < 4.78 is 15.8. The van der Waals surface area contributed by atoms with Crippen LogP contribution in [0.3, 0.4) is 0 Å². The number of aliphatic hydroxyl groups excluding tert-OH is 1. The van der Waals surface area contributed by atoms with Gasteiger partial charge in [-0.25, -0.2) is 0 Å². The van der Waals surface area contributed by atoms with E-state index in [0.717, 1.165) is 0 Å². The molecule has 0 aromatic heterocycles. The smallest absolute Gasteiger partial charge is 0.257 e. The van der Waals surface area contributed by atoms with E-state index in [1.807, 2.05) is 0 Å². The summed E-state index contributed by atoms with van der Waals surface area (Å²) in [7, 11) is 4.37. The van der Waals surface area contributed by atoms with Crippen molar-refractivity contribution in [2.24, 2.45) is 0 Å². The summed E-state index contributed by atoms with van der Waals surface area (Å²) in [5, 5.41) is 17.0. The number of methoxy groups -OCH3 is 3. The fourth-order valence-corrected chi connectivity index (χ4v) is 2.91. The normalized spacial score (nSPS) is 10.1. The van der Waals surface area contributed by atoms with E-state index in [4.69, 9.17) is 31.5 Å². The Kier molecular flexibility index (Phi) is 9.04. The highest BCUT2D eigenvalue weighted by molar-refractivity contribution is 7.80. The molecule has 2 rings (SSSR count). The molecule has 4 N–H and O–H groups in total. The Morgan fingerprint density at radius 3 is 2.23 bits per heavy atom. The Morgan fingerprint density at radius 1 is 1.00 bits per heavy atom. The van der Waals surface area contributed by atoms with Crippen LogP contribution in [-0.4, -0.2) is 56.5 Å². The monoisotopic (exact) mass is 447 g/mol. The minimum atomic E-state index is -0.498. The summed E-state index contributed by atoms with van der Waals surface area (Å²) in [6.45, 7) is 0.323. The van der Waals surface area contributed by atoms with Crippen LogP contribution in [0.15, 0.2) is 36.4 Å². The molecule has 0 bridgehead atoms. The first-order valence-corrected chi connectivity index (χ1v) is 9.76. The molecule has 2 aromatic carbocycles. The standard InChI is InChI=1S/C21H25N3O6S/c1-28-16-11-13(12-17(29-2)18(16)30-3)19(26)24-21(31)23-15-8-5-4-7-14(15)20(27)22-9-6-10-25/h4-5,7-8,11-12,25H,6,9-10H2,1-3H3,(H,22,27)(H2,23,24,26,31). The van der Waals surface area contributed by atoms with Crippen molar-refractivity contribution in [3.05, 3.63) is 47.5 Å². The molecule has 2 aromatic rings. The van der Waals surface area contributed by atoms with Gasteiger partial charge in [0, 0.05) is 18.7 Å². The zero-order valence-electron chi connectivity index (χ0n) is 17.5. The highest BCUT2D eigenvalue weighted by Gasteiger charge is 2.18. The van der Waals surface area contributed by atoms with Gasteiger partial charge in [0.25, 0.3) is 11.8 Å². The molecule has 2 amide bonds. The Bertz CT molecular complexity index is 925. The average Bonchev–Trinajstić information content (AvgIpc) is 2.78. The highest BCUT2D eigenvalue weighted by Crippen LogP contribution is 2.38. The van der Waals surface area contributed by atoms with Gasteiger partial charge in [-0.2, -0.15) is 0 Å². The van der Waals surface area contributed by atoms with Crippen LogP contribution in [0.2, 0.25) is 0 Å². The molecule has 0 spiro atoms. The molecule has 0 aliphatic heterocycles. The lowest BCUT2D eigenvalue weighted by Crippen LogP contribution is -2.35. The number of aliphatic hydroxyl groups is 1. The first kappa shape index (κ1) is 23.9. The molecule has 0 heterocycles. The van der Waals surface area contributed by atoms with E-state index >= 15 is 0 Å². The van der Waals surface area contributed by atoms with Gasteiger partial charge in [0.1, 0.15) is 0 Å². The third-order valence-electron chi connectivity index (χ3n) is 4.19. The number of hydrogen-bond acceptors (Lipinski definition) is 7. The number of anilines is 1. The predicted molar refractivity (Wildman–Crippen MR) is 120 cm³/mol. The molecule has 0 saturated heterocycles. The second kappa shape index (κ2) is 11.7. The molecule has 0 saturated carbocycles. The summed E-state index contributed by atoms with van der Waals surface area (Å²) in [6.07, 6.45) is 0.449. The second-order valence-electron chi connectivity index (χ2n) is 6.20. The van der Waals surface area contributed by atoms with E-state index in [0.29, 0.717) is 41.5 Å². The molecular formula is C21H25N3O6S. The molecule has 0 radical (unpaired) electrons. The van der Waals surface area contributed by atoms with E-state index in [9.17, 15) is 9.59 Å². The van der Waals surface area contributed by atoms with E-state index in [1.165, 1.54) is 33.5 Å². The highest BCUT2D eigenvalue weighted by atomic mass is 32.1. The van der Waals surface area contributed by atoms with E-state index < -0.39 is 5.91 Å². The van der Waals surface area contributed by atoms with Crippen LogP contribution >= 0.6 is 12.2 Å². The van der Waals surface area contributed by atoms with Gasteiger partial charge in [-0.15, -0.1) is 0 Å². The van der Waals surface area contributed by atoms with Gasteiger partial charge in [-0.3, -0.25) is 14.9 Å². The SMILES string of the molecule is COc1cc(C(=O)NC(=S)Nc2ccccc2C(=O)NCCCO)cc(OC)c1OC. The molecule has 9 nitrogen and oxygen atoms in total. The third kappa shape index (κ3) is 6.30. The minimum absolute atomic E-state index is 0.00867. The Balaban J connectivity index is 2.13. The third-order valence-corrected chi connectivity index (χ3v) is 4.40. The lowest BCUT2D eigenvalue weighted by atomic mass is 10.1. The van der Waals surface area contributed by atoms with Crippen molar-refractivity contribution in [1.29, 1.82) is 0 Å². The maximum Gasteiger partial charge on any atom is 0.257 e. The number of carbonyl (C=O) groups is 2. The number of amides is 2. The Hall–Kier alpha value is -3.37. The Labute approximate surface area is 185 Å². The molecule has 0 aliphatic rings. The number of para-hydroxylation sites is 1. The fourth-order valence-electron chi connectivity index (χ4n) is 2.71. The first-order valence-electron chi connectivity index (χ1n) is 9.35. The lowest BCUT2D eigenvalue weighted by Gasteiger charge is -2.15. The summed E-state index contributed by atoms with van der Waals surface area (Å²) >= 11 is 5.24. The number of thiocarbonyl (C=S) groups is 1. The predicted octanol–water partition coefficient (Wildman–Crippen LogP) is 1.95. The zero-order valence-corrected chi connectivity index (χ0v) is 18.3. The molecule has 0 aliphatic carbocycles. The van der Waals surface area contributed by atoms with Crippen molar-refractivity contribution in [2.45, 2.75) is 6.42 Å². The van der Waals surface area contributed by atoms with Gasteiger partial charge in [-0.05, 0) is 42.9 Å². The van der Waals surface area contributed by atoms with Crippen LogP contribution in [0.5, 0.6) is 17.2 Å². The van der Waals surface area contributed by atoms with Gasteiger partial charge in [-0.1, -0.05) is 12.1 Å². The second-order valence-corrected chi connectivity index (χ2v) is 6.61. The molecule has 0 unspecified atom stereocenters. The molecule has 31 heavy (non-hydrogen) atoms. The van der Waals surface area contributed by atoms with Gasteiger partial charge >= 0.3 is 0 Å². The summed E-state index contributed by atoms with van der Waals surface area (Å²) in [6, 6.07) is 9.74. The Morgan fingerprint density at radius 2 is 1.65 bits per heavy atom. The maximum atomic E-state index is 12.7. The quantitative estimate of drug-likeness (QED) is 0.340. The summed E-state index contributed by atoms with van der Waals surface area (Å²) in [5.41, 5.74) is 1.03. The molecule has 10 heteroatoms. The molecule has 0 fully saturated rings. The molecule has 0 atom stereocenters. The van der Waals surface area contributed by atoms with Crippen LogP contribution in [0, 0.1) is 0 Å². The van der Waals surface area contributed by atoms with Gasteiger partial charge < -0.3 is 30.0 Å². The molecule has 166 valence electrons. The van der Waals surface area contributed by atoms with Crippen LogP contribution in [0.4, 0.5) is 5.69 Å². The topological polar surface area (TPSA) is 118 Å². The largest absolute Gasteiger partial charge is 0.493 e.